The molecule has 0 unspecified atom stereocenters. The Balaban J connectivity index is 1.53. The van der Waals surface area contributed by atoms with Crippen LogP contribution >= 0.6 is 0 Å². The van der Waals surface area contributed by atoms with Crippen LogP contribution in [0.2, 0.25) is 0 Å². The molecule has 144 valence electrons. The Morgan fingerprint density at radius 2 is 1.35 bits per heavy atom. The minimum atomic E-state index is -4.46. The average molecular weight is 371 g/mol. The molecule has 0 spiro atoms. The third-order valence-corrected chi connectivity index (χ3v) is 4.87. The van der Waals surface area contributed by atoms with Gasteiger partial charge in [0.15, 0.2) is 11.6 Å². The monoisotopic (exact) mass is 371 g/mol. The molecule has 0 N–H and O–H groups in total. The number of aromatic nitrogens is 2. The molecule has 0 radical (unpaired) electrons. The summed E-state index contributed by atoms with van der Waals surface area (Å²) in [6.45, 7) is 3.44. The summed E-state index contributed by atoms with van der Waals surface area (Å²) in [7, 11) is 0. The molecule has 26 heavy (non-hydrogen) atoms. The highest BCUT2D eigenvalue weighted by molar-refractivity contribution is 5.77. The van der Waals surface area contributed by atoms with Crippen LogP contribution in [0.15, 0.2) is 12.1 Å². The highest BCUT2D eigenvalue weighted by atomic mass is 19.4. The Labute approximate surface area is 151 Å². The van der Waals surface area contributed by atoms with Crippen molar-refractivity contribution in [2.75, 3.05) is 49.1 Å². The van der Waals surface area contributed by atoms with Crippen molar-refractivity contribution in [3.63, 3.8) is 0 Å². The van der Waals surface area contributed by atoms with E-state index in [4.69, 9.17) is 0 Å². The molecule has 0 aliphatic carbocycles. The van der Waals surface area contributed by atoms with Gasteiger partial charge in [-0.1, -0.05) is 12.8 Å². The minimum Gasteiger partial charge on any atom is -0.355 e. The number of carbonyl (C=O) groups excluding carboxylic acids is 1. The third kappa shape index (κ3) is 4.98. The van der Waals surface area contributed by atoms with Crippen LogP contribution in [0.25, 0.3) is 0 Å². The number of nitrogens with zero attached hydrogens (tertiary/aromatic N) is 5. The topological polar surface area (TPSA) is 52.6 Å². The van der Waals surface area contributed by atoms with E-state index in [2.05, 4.69) is 15.1 Å². The Hall–Kier alpha value is -2.06. The number of anilines is 2. The number of carbonyl (C=O) groups is 1. The van der Waals surface area contributed by atoms with Crippen molar-refractivity contribution in [2.24, 2.45) is 0 Å². The Kier molecular flexibility index (Phi) is 5.83. The largest absolute Gasteiger partial charge is 0.397 e. The number of piperazine rings is 1. The highest BCUT2D eigenvalue weighted by Crippen LogP contribution is 2.22. The number of hydrogen-bond acceptors (Lipinski definition) is 5. The van der Waals surface area contributed by atoms with E-state index in [1.165, 1.54) is 17.7 Å². The van der Waals surface area contributed by atoms with Gasteiger partial charge in [0, 0.05) is 39.3 Å². The Morgan fingerprint density at radius 1 is 0.846 bits per heavy atom. The van der Waals surface area contributed by atoms with Gasteiger partial charge in [-0.05, 0) is 25.0 Å². The second-order valence-corrected chi connectivity index (χ2v) is 6.81. The van der Waals surface area contributed by atoms with E-state index in [-0.39, 0.29) is 13.1 Å². The van der Waals surface area contributed by atoms with Crippen molar-refractivity contribution in [2.45, 2.75) is 38.3 Å². The molecule has 0 aromatic carbocycles. The van der Waals surface area contributed by atoms with E-state index in [9.17, 15) is 18.0 Å². The number of halogens is 3. The maximum Gasteiger partial charge on any atom is 0.397 e. The van der Waals surface area contributed by atoms with Crippen molar-refractivity contribution >= 4 is 17.5 Å². The van der Waals surface area contributed by atoms with Crippen molar-refractivity contribution in [3.05, 3.63) is 12.1 Å². The van der Waals surface area contributed by atoms with Crippen LogP contribution in [-0.2, 0) is 4.79 Å². The quantitative estimate of drug-likeness (QED) is 0.817. The lowest BCUT2D eigenvalue weighted by molar-refractivity contribution is -0.161. The van der Waals surface area contributed by atoms with Crippen LogP contribution in [0.5, 0.6) is 0 Å². The molecule has 0 saturated carbocycles. The summed E-state index contributed by atoms with van der Waals surface area (Å²) in [6.07, 6.45) is -1.02. The zero-order valence-corrected chi connectivity index (χ0v) is 14.7. The van der Waals surface area contributed by atoms with Crippen LogP contribution in [0.1, 0.15) is 32.1 Å². The van der Waals surface area contributed by atoms with Crippen LogP contribution in [0.4, 0.5) is 24.8 Å². The summed E-state index contributed by atoms with van der Waals surface area (Å²) in [5.41, 5.74) is 0. The summed E-state index contributed by atoms with van der Waals surface area (Å²) in [5.74, 6) is 0.709. The second-order valence-electron chi connectivity index (χ2n) is 6.81. The lowest BCUT2D eigenvalue weighted by Crippen LogP contribution is -2.49. The maximum absolute atomic E-state index is 12.3. The van der Waals surface area contributed by atoms with Crippen molar-refractivity contribution in [1.29, 1.82) is 0 Å². The Morgan fingerprint density at radius 3 is 1.81 bits per heavy atom. The Bertz CT molecular complexity index is 591. The fraction of sp³-hybridized carbons (Fsp3) is 0.706. The second kappa shape index (κ2) is 8.09. The molecule has 6 nitrogen and oxygen atoms in total. The smallest absolute Gasteiger partial charge is 0.355 e. The fourth-order valence-electron chi connectivity index (χ4n) is 3.42. The molecule has 0 bridgehead atoms. The molecule has 1 aromatic rings. The van der Waals surface area contributed by atoms with E-state index in [1.54, 1.807) is 0 Å². The number of hydrogen-bond donors (Lipinski definition) is 0. The molecule has 3 heterocycles. The standard InChI is InChI=1S/C17H24F3N5O/c18-17(19,20)13-16(26)25-11-9-24(10-12-25)15-6-5-14(21-22-15)23-7-3-1-2-4-8-23/h5-6H,1-4,7-13H2. The highest BCUT2D eigenvalue weighted by Gasteiger charge is 2.34. The van der Waals surface area contributed by atoms with Gasteiger partial charge in [-0.15, -0.1) is 10.2 Å². The molecule has 2 fully saturated rings. The number of rotatable bonds is 3. The van der Waals surface area contributed by atoms with E-state index < -0.39 is 18.5 Å². The minimum absolute atomic E-state index is 0.268. The maximum atomic E-state index is 12.3. The summed E-state index contributed by atoms with van der Waals surface area (Å²) in [5, 5.41) is 8.62. The first-order chi connectivity index (χ1) is 12.4. The first kappa shape index (κ1) is 18.7. The van der Waals surface area contributed by atoms with Gasteiger partial charge < -0.3 is 14.7 Å². The summed E-state index contributed by atoms with van der Waals surface area (Å²) < 4.78 is 37.0. The van der Waals surface area contributed by atoms with E-state index in [1.807, 2.05) is 17.0 Å². The average Bonchev–Trinajstić information content (AvgIpc) is 2.90. The summed E-state index contributed by atoms with van der Waals surface area (Å²) in [6, 6.07) is 3.86. The fourth-order valence-corrected chi connectivity index (χ4v) is 3.42. The van der Waals surface area contributed by atoms with E-state index in [0.717, 1.165) is 31.7 Å². The first-order valence-electron chi connectivity index (χ1n) is 9.10. The van der Waals surface area contributed by atoms with Crippen molar-refractivity contribution in [1.82, 2.24) is 15.1 Å². The molecule has 9 heteroatoms. The molecule has 3 rings (SSSR count). The van der Waals surface area contributed by atoms with E-state index in [0.29, 0.717) is 18.9 Å². The first-order valence-corrected chi connectivity index (χ1v) is 9.10. The van der Waals surface area contributed by atoms with Gasteiger partial charge >= 0.3 is 6.18 Å². The predicted octanol–water partition coefficient (Wildman–Crippen LogP) is 2.46. The molecule has 2 aliphatic rings. The molecule has 1 amide bonds. The number of alkyl halides is 3. The summed E-state index contributed by atoms with van der Waals surface area (Å²) in [4.78, 5) is 17.1. The van der Waals surface area contributed by atoms with Gasteiger partial charge in [-0.2, -0.15) is 13.2 Å². The van der Waals surface area contributed by atoms with Crippen molar-refractivity contribution in [3.8, 4) is 0 Å². The summed E-state index contributed by atoms with van der Waals surface area (Å²) >= 11 is 0. The number of amides is 1. The lowest BCUT2D eigenvalue weighted by atomic mass is 10.2. The van der Waals surface area contributed by atoms with Gasteiger partial charge in [0.1, 0.15) is 6.42 Å². The molecular formula is C17H24F3N5O. The zero-order chi connectivity index (χ0) is 18.6. The SMILES string of the molecule is O=C(CC(F)(F)F)N1CCN(c2ccc(N3CCCCCC3)nn2)CC1. The van der Waals surface area contributed by atoms with Crippen LogP contribution in [0, 0.1) is 0 Å². The van der Waals surface area contributed by atoms with Crippen LogP contribution in [-0.4, -0.2) is 66.4 Å². The van der Waals surface area contributed by atoms with Gasteiger partial charge in [0.05, 0.1) is 0 Å². The third-order valence-electron chi connectivity index (χ3n) is 4.87. The van der Waals surface area contributed by atoms with Gasteiger partial charge in [0.2, 0.25) is 5.91 Å². The van der Waals surface area contributed by atoms with Crippen molar-refractivity contribution < 1.29 is 18.0 Å². The lowest BCUT2D eigenvalue weighted by Gasteiger charge is -2.35. The van der Waals surface area contributed by atoms with Gasteiger partial charge in [-0.25, -0.2) is 0 Å². The van der Waals surface area contributed by atoms with Crippen LogP contribution in [0.3, 0.4) is 0 Å². The molecular weight excluding hydrogens is 347 g/mol. The van der Waals surface area contributed by atoms with Crippen LogP contribution < -0.4 is 9.80 Å². The zero-order valence-electron chi connectivity index (χ0n) is 14.7. The van der Waals surface area contributed by atoms with Gasteiger partial charge in [-0.3, -0.25) is 4.79 Å². The normalized spacial score (nSPS) is 19.4. The molecule has 1 aromatic heterocycles. The van der Waals surface area contributed by atoms with Gasteiger partial charge in [0.25, 0.3) is 0 Å². The van der Waals surface area contributed by atoms with E-state index >= 15 is 0 Å². The predicted molar refractivity (Wildman–Crippen MR) is 92.2 cm³/mol. The molecule has 2 aliphatic heterocycles. The molecule has 2 saturated heterocycles. The molecule has 0 atom stereocenters.